The van der Waals surface area contributed by atoms with Gasteiger partial charge < -0.3 is 14.5 Å². The standard InChI is InChI=1S/C22H23FN2O3/c1-3-27-17-10-8-16(9-11-17)14-21(26)24-13-12-20-15(2)28-22(25-20)18-6-4-5-7-19(18)23/h4-11H,3,12-14H2,1-2H3,(H,24,26). The molecule has 3 aromatic rings. The smallest absolute Gasteiger partial charge is 0.229 e. The van der Waals surface area contributed by atoms with E-state index < -0.39 is 0 Å². The van der Waals surface area contributed by atoms with Crippen molar-refractivity contribution >= 4 is 5.91 Å². The molecule has 0 aliphatic carbocycles. The predicted molar refractivity (Wildman–Crippen MR) is 105 cm³/mol. The number of aryl methyl sites for hydroxylation is 1. The van der Waals surface area contributed by atoms with Gasteiger partial charge in [0.2, 0.25) is 11.8 Å². The van der Waals surface area contributed by atoms with Crippen molar-refractivity contribution in [2.45, 2.75) is 26.7 Å². The number of aromatic nitrogens is 1. The Balaban J connectivity index is 1.52. The van der Waals surface area contributed by atoms with Gasteiger partial charge in [-0.05, 0) is 43.7 Å². The highest BCUT2D eigenvalue weighted by Gasteiger charge is 2.14. The van der Waals surface area contributed by atoms with E-state index in [2.05, 4.69) is 10.3 Å². The lowest BCUT2D eigenvalue weighted by Crippen LogP contribution is -2.27. The van der Waals surface area contributed by atoms with Crippen LogP contribution in [0.2, 0.25) is 0 Å². The highest BCUT2D eigenvalue weighted by atomic mass is 19.1. The van der Waals surface area contributed by atoms with E-state index in [-0.39, 0.29) is 17.6 Å². The van der Waals surface area contributed by atoms with Crippen LogP contribution < -0.4 is 10.1 Å². The fraction of sp³-hybridized carbons (Fsp3) is 0.273. The Hall–Kier alpha value is -3.15. The van der Waals surface area contributed by atoms with Gasteiger partial charge in [0.15, 0.2) is 0 Å². The fourth-order valence-electron chi connectivity index (χ4n) is 2.85. The number of benzene rings is 2. The monoisotopic (exact) mass is 382 g/mol. The molecular weight excluding hydrogens is 359 g/mol. The Morgan fingerprint density at radius 3 is 2.64 bits per heavy atom. The van der Waals surface area contributed by atoms with Crippen molar-refractivity contribution in [3.05, 3.63) is 71.4 Å². The van der Waals surface area contributed by atoms with Crippen LogP contribution in [0.4, 0.5) is 4.39 Å². The van der Waals surface area contributed by atoms with Crippen molar-refractivity contribution in [2.24, 2.45) is 0 Å². The molecule has 0 bridgehead atoms. The van der Waals surface area contributed by atoms with Crippen LogP contribution in [-0.2, 0) is 17.6 Å². The number of hydrogen-bond donors (Lipinski definition) is 1. The summed E-state index contributed by atoms with van der Waals surface area (Å²) in [5.41, 5.74) is 1.96. The van der Waals surface area contributed by atoms with Gasteiger partial charge in [0, 0.05) is 13.0 Å². The van der Waals surface area contributed by atoms with Crippen LogP contribution in [0, 0.1) is 12.7 Å². The van der Waals surface area contributed by atoms with Gasteiger partial charge in [-0.3, -0.25) is 4.79 Å². The second-order valence-electron chi connectivity index (χ2n) is 6.36. The van der Waals surface area contributed by atoms with E-state index in [1.165, 1.54) is 6.07 Å². The largest absolute Gasteiger partial charge is 0.494 e. The summed E-state index contributed by atoms with van der Waals surface area (Å²) in [6.07, 6.45) is 0.809. The second kappa shape index (κ2) is 9.17. The Morgan fingerprint density at radius 1 is 1.18 bits per heavy atom. The molecule has 0 aliphatic heterocycles. The third kappa shape index (κ3) is 4.97. The average Bonchev–Trinajstić information content (AvgIpc) is 3.04. The zero-order valence-corrected chi connectivity index (χ0v) is 16.0. The molecule has 0 saturated carbocycles. The summed E-state index contributed by atoms with van der Waals surface area (Å²) in [4.78, 5) is 16.5. The fourth-order valence-corrected chi connectivity index (χ4v) is 2.85. The molecule has 0 atom stereocenters. The number of oxazole rings is 1. The molecule has 0 spiro atoms. The molecule has 6 heteroatoms. The van der Waals surface area contributed by atoms with E-state index in [1.54, 1.807) is 25.1 Å². The topological polar surface area (TPSA) is 64.4 Å². The normalized spacial score (nSPS) is 10.7. The molecule has 3 rings (SSSR count). The van der Waals surface area contributed by atoms with Crippen LogP contribution >= 0.6 is 0 Å². The van der Waals surface area contributed by atoms with E-state index in [0.717, 1.165) is 11.3 Å². The molecule has 28 heavy (non-hydrogen) atoms. The summed E-state index contributed by atoms with van der Waals surface area (Å²) in [7, 11) is 0. The van der Waals surface area contributed by atoms with E-state index in [4.69, 9.17) is 9.15 Å². The molecule has 1 N–H and O–H groups in total. The maximum absolute atomic E-state index is 13.9. The molecule has 0 aliphatic rings. The molecule has 0 radical (unpaired) electrons. The van der Waals surface area contributed by atoms with Gasteiger partial charge in [-0.1, -0.05) is 24.3 Å². The van der Waals surface area contributed by atoms with Crippen LogP contribution in [0.1, 0.15) is 23.9 Å². The van der Waals surface area contributed by atoms with Crippen molar-refractivity contribution in [3.63, 3.8) is 0 Å². The molecule has 1 aromatic heterocycles. The van der Waals surface area contributed by atoms with Crippen molar-refractivity contribution in [1.29, 1.82) is 0 Å². The number of halogens is 1. The summed E-state index contributed by atoms with van der Waals surface area (Å²) in [5, 5.41) is 2.88. The third-order valence-electron chi connectivity index (χ3n) is 4.28. The molecule has 0 saturated heterocycles. The molecule has 1 amide bonds. The van der Waals surface area contributed by atoms with E-state index in [1.807, 2.05) is 31.2 Å². The minimum Gasteiger partial charge on any atom is -0.494 e. The van der Waals surface area contributed by atoms with Gasteiger partial charge in [0.05, 0.1) is 24.3 Å². The van der Waals surface area contributed by atoms with Crippen molar-refractivity contribution in [1.82, 2.24) is 10.3 Å². The van der Waals surface area contributed by atoms with E-state index >= 15 is 0 Å². The number of carbonyl (C=O) groups excluding carboxylic acids is 1. The summed E-state index contributed by atoms with van der Waals surface area (Å²) in [6.45, 7) is 4.76. The van der Waals surface area contributed by atoms with Crippen LogP contribution in [0.5, 0.6) is 5.75 Å². The third-order valence-corrected chi connectivity index (χ3v) is 4.28. The first kappa shape index (κ1) is 19.6. The molecule has 2 aromatic carbocycles. The molecule has 1 heterocycles. The SMILES string of the molecule is CCOc1ccc(CC(=O)NCCc2nc(-c3ccccc3F)oc2C)cc1. The highest BCUT2D eigenvalue weighted by molar-refractivity contribution is 5.78. The first-order valence-electron chi connectivity index (χ1n) is 9.26. The maximum Gasteiger partial charge on any atom is 0.229 e. The van der Waals surface area contributed by atoms with Gasteiger partial charge in [-0.2, -0.15) is 0 Å². The quantitative estimate of drug-likeness (QED) is 0.637. The number of nitrogens with zero attached hydrogens (tertiary/aromatic N) is 1. The number of amides is 1. The minimum atomic E-state index is -0.376. The number of rotatable bonds is 8. The predicted octanol–water partition coefficient (Wildman–Crippen LogP) is 4.09. The Labute approximate surface area is 163 Å². The van der Waals surface area contributed by atoms with Gasteiger partial charge in [-0.15, -0.1) is 0 Å². The van der Waals surface area contributed by atoms with Crippen LogP contribution in [0.15, 0.2) is 52.9 Å². The van der Waals surface area contributed by atoms with Crippen LogP contribution in [0.25, 0.3) is 11.5 Å². The number of carbonyl (C=O) groups is 1. The zero-order valence-electron chi connectivity index (χ0n) is 16.0. The number of hydrogen-bond acceptors (Lipinski definition) is 4. The van der Waals surface area contributed by atoms with Gasteiger partial charge in [0.25, 0.3) is 0 Å². The van der Waals surface area contributed by atoms with E-state index in [9.17, 15) is 9.18 Å². The molecule has 0 fully saturated rings. The van der Waals surface area contributed by atoms with Crippen LogP contribution in [-0.4, -0.2) is 24.0 Å². The van der Waals surface area contributed by atoms with Crippen molar-refractivity contribution in [2.75, 3.05) is 13.2 Å². The zero-order chi connectivity index (χ0) is 19.9. The Bertz CT molecular complexity index is 935. The molecule has 0 unspecified atom stereocenters. The molecular formula is C22H23FN2O3. The second-order valence-corrected chi connectivity index (χ2v) is 6.36. The van der Waals surface area contributed by atoms with Gasteiger partial charge >= 0.3 is 0 Å². The Kier molecular flexibility index (Phi) is 6.42. The lowest BCUT2D eigenvalue weighted by Gasteiger charge is -2.06. The highest BCUT2D eigenvalue weighted by Crippen LogP contribution is 2.24. The lowest BCUT2D eigenvalue weighted by molar-refractivity contribution is -0.120. The minimum absolute atomic E-state index is 0.0698. The number of nitrogens with one attached hydrogen (secondary N) is 1. The van der Waals surface area contributed by atoms with Gasteiger partial charge in [-0.25, -0.2) is 9.37 Å². The Morgan fingerprint density at radius 2 is 1.93 bits per heavy atom. The van der Waals surface area contributed by atoms with Crippen LogP contribution in [0.3, 0.4) is 0 Å². The van der Waals surface area contributed by atoms with Crippen molar-refractivity contribution < 1.29 is 18.3 Å². The summed E-state index contributed by atoms with van der Waals surface area (Å²) in [5.74, 6) is 1.22. The summed E-state index contributed by atoms with van der Waals surface area (Å²) in [6, 6.07) is 13.8. The first-order chi connectivity index (χ1) is 13.6. The maximum atomic E-state index is 13.9. The van der Waals surface area contributed by atoms with Gasteiger partial charge in [0.1, 0.15) is 17.3 Å². The average molecular weight is 382 g/mol. The first-order valence-corrected chi connectivity index (χ1v) is 9.26. The van der Waals surface area contributed by atoms with E-state index in [0.29, 0.717) is 43.0 Å². The molecule has 5 nitrogen and oxygen atoms in total. The summed E-state index contributed by atoms with van der Waals surface area (Å²) >= 11 is 0. The number of ether oxygens (including phenoxy) is 1. The lowest BCUT2D eigenvalue weighted by atomic mass is 10.1. The summed E-state index contributed by atoms with van der Waals surface area (Å²) < 4.78 is 24.9. The van der Waals surface area contributed by atoms with Crippen molar-refractivity contribution in [3.8, 4) is 17.2 Å². The molecule has 146 valence electrons.